The van der Waals surface area contributed by atoms with Crippen LogP contribution in [0.1, 0.15) is 44.2 Å². The smallest absolute Gasteiger partial charge is 0.226 e. The molecule has 28 heavy (non-hydrogen) atoms. The van der Waals surface area contributed by atoms with Gasteiger partial charge in [0.1, 0.15) is 5.82 Å². The Morgan fingerprint density at radius 1 is 1.11 bits per heavy atom. The van der Waals surface area contributed by atoms with Gasteiger partial charge in [0.05, 0.1) is 5.92 Å². The lowest BCUT2D eigenvalue weighted by atomic mass is 9.93. The maximum Gasteiger partial charge on any atom is 0.226 e. The summed E-state index contributed by atoms with van der Waals surface area (Å²) in [5.41, 5.74) is 1.01. The van der Waals surface area contributed by atoms with E-state index in [2.05, 4.69) is 26.2 Å². The summed E-state index contributed by atoms with van der Waals surface area (Å²) in [5, 5.41) is 3.20. The molecule has 3 aliphatic rings. The Morgan fingerprint density at radius 2 is 1.86 bits per heavy atom. The number of likely N-dealkylation sites (tertiary alicyclic amines) is 1. The average Bonchev–Trinajstić information content (AvgIpc) is 3.51. The first-order valence-corrected chi connectivity index (χ1v) is 10.8. The highest BCUT2D eigenvalue weighted by Gasteiger charge is 2.34. The molecule has 0 aromatic carbocycles. The lowest BCUT2D eigenvalue weighted by molar-refractivity contribution is -0.127. The van der Waals surface area contributed by atoms with Gasteiger partial charge < -0.3 is 15.1 Å². The number of amides is 1. The highest BCUT2D eigenvalue weighted by Crippen LogP contribution is 2.27. The number of carbonyl (C=O) groups is 1. The number of hydrogen-bond donors (Lipinski definition) is 1. The molecule has 1 aromatic rings. The molecule has 1 aromatic heterocycles. The van der Waals surface area contributed by atoms with Crippen LogP contribution in [0.4, 0.5) is 11.8 Å². The quantitative estimate of drug-likeness (QED) is 0.833. The molecule has 1 atom stereocenters. The van der Waals surface area contributed by atoms with Crippen LogP contribution in [0.2, 0.25) is 0 Å². The van der Waals surface area contributed by atoms with Crippen molar-refractivity contribution in [1.82, 2.24) is 20.2 Å². The number of nitrogens with zero attached hydrogens (tertiary/aromatic N) is 5. The van der Waals surface area contributed by atoms with Crippen LogP contribution in [0.15, 0.2) is 6.07 Å². The van der Waals surface area contributed by atoms with Crippen molar-refractivity contribution in [2.75, 3.05) is 50.1 Å². The zero-order valence-electron chi connectivity index (χ0n) is 17.5. The van der Waals surface area contributed by atoms with E-state index in [1.54, 1.807) is 0 Å². The largest absolute Gasteiger partial charge is 0.356 e. The van der Waals surface area contributed by atoms with Crippen LogP contribution < -0.4 is 15.1 Å². The predicted molar refractivity (Wildman–Crippen MR) is 112 cm³/mol. The monoisotopic (exact) mass is 386 g/mol. The van der Waals surface area contributed by atoms with Crippen LogP contribution in [0, 0.1) is 12.8 Å². The third-order valence-corrected chi connectivity index (χ3v) is 6.28. The van der Waals surface area contributed by atoms with Gasteiger partial charge in [0.15, 0.2) is 0 Å². The highest BCUT2D eigenvalue weighted by molar-refractivity contribution is 5.79. The van der Waals surface area contributed by atoms with Gasteiger partial charge in [0.2, 0.25) is 11.9 Å². The molecule has 4 rings (SSSR count). The number of anilines is 2. The Labute approximate surface area is 168 Å². The number of carbonyl (C=O) groups excluding carboxylic acids is 1. The minimum atomic E-state index is 0.180. The van der Waals surface area contributed by atoms with E-state index in [0.29, 0.717) is 12.1 Å². The first-order valence-electron chi connectivity index (χ1n) is 10.8. The number of rotatable bonds is 5. The molecule has 1 saturated carbocycles. The maximum absolute atomic E-state index is 12.5. The van der Waals surface area contributed by atoms with Crippen LogP contribution in [-0.2, 0) is 4.79 Å². The fourth-order valence-electron chi connectivity index (χ4n) is 4.46. The first-order chi connectivity index (χ1) is 13.5. The molecule has 2 aliphatic heterocycles. The molecule has 1 amide bonds. The summed E-state index contributed by atoms with van der Waals surface area (Å²) in [6.45, 7) is 6.13. The minimum absolute atomic E-state index is 0.180. The summed E-state index contributed by atoms with van der Waals surface area (Å²) in [6, 6.07) is 3.14. The predicted octanol–water partition coefficient (Wildman–Crippen LogP) is 1.81. The van der Waals surface area contributed by atoms with E-state index in [0.717, 1.165) is 69.3 Å². The number of aryl methyl sites for hydroxylation is 1. The molecular weight excluding hydrogens is 352 g/mol. The first kappa shape index (κ1) is 19.4. The van der Waals surface area contributed by atoms with E-state index < -0.39 is 0 Å². The second kappa shape index (κ2) is 8.23. The number of hydrogen-bond acceptors (Lipinski definition) is 6. The lowest BCUT2D eigenvalue weighted by Gasteiger charge is -2.42. The summed E-state index contributed by atoms with van der Waals surface area (Å²) < 4.78 is 0. The minimum Gasteiger partial charge on any atom is -0.356 e. The van der Waals surface area contributed by atoms with Crippen molar-refractivity contribution in [2.45, 2.75) is 57.5 Å². The van der Waals surface area contributed by atoms with Gasteiger partial charge in [0, 0.05) is 57.6 Å². The van der Waals surface area contributed by atoms with Crippen molar-refractivity contribution in [3.05, 3.63) is 11.8 Å². The maximum atomic E-state index is 12.5. The van der Waals surface area contributed by atoms with Gasteiger partial charge in [0.25, 0.3) is 0 Å². The Balaban J connectivity index is 1.33. The second-order valence-corrected chi connectivity index (χ2v) is 8.90. The van der Waals surface area contributed by atoms with Crippen molar-refractivity contribution in [3.8, 4) is 0 Å². The van der Waals surface area contributed by atoms with Crippen molar-refractivity contribution in [2.24, 2.45) is 5.92 Å². The van der Waals surface area contributed by atoms with Crippen molar-refractivity contribution in [1.29, 1.82) is 0 Å². The molecule has 1 aliphatic carbocycles. The lowest BCUT2D eigenvalue weighted by Crippen LogP contribution is -2.51. The molecule has 3 heterocycles. The Bertz CT molecular complexity index is 696. The summed E-state index contributed by atoms with van der Waals surface area (Å²) in [6.07, 6.45) is 6.79. The van der Waals surface area contributed by atoms with Crippen LogP contribution >= 0.6 is 0 Å². The topological polar surface area (TPSA) is 64.6 Å². The third kappa shape index (κ3) is 4.57. The second-order valence-electron chi connectivity index (χ2n) is 8.90. The van der Waals surface area contributed by atoms with Crippen LogP contribution in [0.3, 0.4) is 0 Å². The third-order valence-electron chi connectivity index (χ3n) is 6.28. The molecule has 0 bridgehead atoms. The standard InChI is InChI=1S/C21H34N6O/c1-15-13-19(24-21(22-15)25(2)3)26-11-8-18(9-12-26)27-10-4-5-16(14-27)20(28)23-17-6-7-17/h13,16-18H,4-12,14H2,1-3H3,(H,23,28). The zero-order chi connectivity index (χ0) is 19.7. The van der Waals surface area contributed by atoms with Crippen molar-refractivity contribution < 1.29 is 4.79 Å². The van der Waals surface area contributed by atoms with E-state index in [-0.39, 0.29) is 11.8 Å². The fraction of sp³-hybridized carbons (Fsp3) is 0.762. The van der Waals surface area contributed by atoms with E-state index in [9.17, 15) is 4.79 Å². The summed E-state index contributed by atoms with van der Waals surface area (Å²) >= 11 is 0. The molecule has 3 fully saturated rings. The van der Waals surface area contributed by atoms with Gasteiger partial charge in [-0.15, -0.1) is 0 Å². The van der Waals surface area contributed by atoms with E-state index in [4.69, 9.17) is 4.98 Å². The summed E-state index contributed by atoms with van der Waals surface area (Å²) in [7, 11) is 3.97. The van der Waals surface area contributed by atoms with Crippen molar-refractivity contribution in [3.63, 3.8) is 0 Å². The highest BCUT2D eigenvalue weighted by atomic mass is 16.2. The molecule has 7 heteroatoms. The van der Waals surface area contributed by atoms with Gasteiger partial charge in [-0.2, -0.15) is 4.98 Å². The van der Waals surface area contributed by atoms with Crippen molar-refractivity contribution >= 4 is 17.7 Å². The van der Waals surface area contributed by atoms with E-state index >= 15 is 0 Å². The van der Waals surface area contributed by atoms with E-state index in [1.807, 2.05) is 25.9 Å². The Morgan fingerprint density at radius 3 is 2.54 bits per heavy atom. The normalized spacial score (nSPS) is 24.2. The van der Waals surface area contributed by atoms with Gasteiger partial charge >= 0.3 is 0 Å². The molecule has 0 spiro atoms. The van der Waals surface area contributed by atoms with Crippen LogP contribution in [-0.4, -0.2) is 73.1 Å². The Hall–Kier alpha value is -1.89. The molecule has 2 saturated heterocycles. The molecule has 154 valence electrons. The average molecular weight is 387 g/mol. The molecular formula is C21H34N6O. The van der Waals surface area contributed by atoms with Crippen LogP contribution in [0.5, 0.6) is 0 Å². The molecule has 1 unspecified atom stereocenters. The summed E-state index contributed by atoms with van der Waals surface area (Å²) in [4.78, 5) is 28.6. The number of piperidine rings is 2. The zero-order valence-corrected chi connectivity index (χ0v) is 17.5. The summed E-state index contributed by atoms with van der Waals surface area (Å²) in [5.74, 6) is 2.28. The Kier molecular flexibility index (Phi) is 5.71. The molecule has 1 N–H and O–H groups in total. The molecule has 7 nitrogen and oxygen atoms in total. The fourth-order valence-corrected chi connectivity index (χ4v) is 4.46. The van der Waals surface area contributed by atoms with E-state index in [1.165, 1.54) is 12.8 Å². The SMILES string of the molecule is Cc1cc(N2CCC(N3CCCC(C(=O)NC4CC4)C3)CC2)nc(N(C)C)n1. The van der Waals surface area contributed by atoms with Gasteiger partial charge in [-0.25, -0.2) is 4.98 Å². The van der Waals surface area contributed by atoms with Gasteiger partial charge in [-0.1, -0.05) is 0 Å². The number of aromatic nitrogens is 2. The molecule has 0 radical (unpaired) electrons. The van der Waals surface area contributed by atoms with Gasteiger partial charge in [-0.05, 0) is 52.0 Å². The van der Waals surface area contributed by atoms with Gasteiger partial charge in [-0.3, -0.25) is 9.69 Å². The number of nitrogens with one attached hydrogen (secondary N) is 1. The van der Waals surface area contributed by atoms with Crippen LogP contribution in [0.25, 0.3) is 0 Å².